The minimum Gasteiger partial charge on any atom is -0.308 e. The number of thiophene rings is 1. The molecule has 0 aliphatic rings. The molecule has 0 amide bonds. The topological polar surface area (TPSA) is 63.8 Å². The number of rotatable bonds is 2. The molecular formula is C13H11FN4S. The lowest BCUT2D eigenvalue weighted by Gasteiger charge is -2.07. The van der Waals surface area contributed by atoms with Crippen molar-refractivity contribution in [2.75, 3.05) is 5.43 Å². The molecule has 0 aliphatic carbocycles. The summed E-state index contributed by atoms with van der Waals surface area (Å²) in [7, 11) is 0. The molecule has 0 aliphatic heterocycles. The zero-order valence-corrected chi connectivity index (χ0v) is 11.0. The van der Waals surface area contributed by atoms with Crippen LogP contribution in [-0.4, -0.2) is 9.97 Å². The molecule has 2 heterocycles. The van der Waals surface area contributed by atoms with Crippen molar-refractivity contribution >= 4 is 27.4 Å². The van der Waals surface area contributed by atoms with Gasteiger partial charge in [-0.15, -0.1) is 11.3 Å². The molecule has 3 aromatic rings. The SMILES string of the molecule is Cc1cc(F)ccc1-c1nc(NN)c2ccsc2n1. The Kier molecular flexibility index (Phi) is 2.88. The van der Waals surface area contributed by atoms with Gasteiger partial charge in [-0.25, -0.2) is 20.2 Å². The van der Waals surface area contributed by atoms with Gasteiger partial charge in [0.1, 0.15) is 10.6 Å². The van der Waals surface area contributed by atoms with E-state index < -0.39 is 0 Å². The van der Waals surface area contributed by atoms with Crippen molar-refractivity contribution < 1.29 is 4.39 Å². The van der Waals surface area contributed by atoms with Crippen molar-refractivity contribution in [2.24, 2.45) is 5.84 Å². The van der Waals surface area contributed by atoms with Crippen LogP contribution in [0.1, 0.15) is 5.56 Å². The Hall–Kier alpha value is -2.05. The van der Waals surface area contributed by atoms with E-state index in [1.54, 1.807) is 6.07 Å². The fourth-order valence-corrected chi connectivity index (χ4v) is 2.73. The molecule has 0 fully saturated rings. The average molecular weight is 274 g/mol. The number of nitrogens with zero attached hydrogens (tertiary/aromatic N) is 2. The maximum absolute atomic E-state index is 13.1. The number of benzene rings is 1. The molecule has 0 unspecified atom stereocenters. The van der Waals surface area contributed by atoms with E-state index in [1.165, 1.54) is 23.5 Å². The Morgan fingerprint density at radius 2 is 2.11 bits per heavy atom. The van der Waals surface area contributed by atoms with Gasteiger partial charge >= 0.3 is 0 Å². The van der Waals surface area contributed by atoms with Crippen LogP contribution in [0.5, 0.6) is 0 Å². The maximum Gasteiger partial charge on any atom is 0.163 e. The Balaban J connectivity index is 2.24. The van der Waals surface area contributed by atoms with Gasteiger partial charge in [-0.05, 0) is 42.1 Å². The zero-order valence-electron chi connectivity index (χ0n) is 10.1. The van der Waals surface area contributed by atoms with Gasteiger partial charge in [0.15, 0.2) is 11.6 Å². The third-order valence-electron chi connectivity index (χ3n) is 2.89. The molecular weight excluding hydrogens is 263 g/mol. The van der Waals surface area contributed by atoms with Crippen LogP contribution in [-0.2, 0) is 0 Å². The van der Waals surface area contributed by atoms with E-state index in [-0.39, 0.29) is 5.82 Å². The normalized spacial score (nSPS) is 10.9. The van der Waals surface area contributed by atoms with E-state index in [0.29, 0.717) is 11.6 Å². The zero-order chi connectivity index (χ0) is 13.4. The highest BCUT2D eigenvalue weighted by Crippen LogP contribution is 2.29. The Bertz CT molecular complexity index is 753. The van der Waals surface area contributed by atoms with Crippen LogP contribution >= 0.6 is 11.3 Å². The first-order chi connectivity index (χ1) is 9.19. The number of hydrazine groups is 1. The van der Waals surface area contributed by atoms with E-state index >= 15 is 0 Å². The van der Waals surface area contributed by atoms with E-state index in [2.05, 4.69) is 15.4 Å². The van der Waals surface area contributed by atoms with E-state index in [1.807, 2.05) is 18.4 Å². The summed E-state index contributed by atoms with van der Waals surface area (Å²) in [5.74, 6) is 6.34. The fourth-order valence-electron chi connectivity index (χ4n) is 1.96. The van der Waals surface area contributed by atoms with Gasteiger partial charge in [-0.3, -0.25) is 0 Å². The Morgan fingerprint density at radius 3 is 2.84 bits per heavy atom. The average Bonchev–Trinajstić information content (AvgIpc) is 2.85. The van der Waals surface area contributed by atoms with Crippen LogP contribution in [0.15, 0.2) is 29.6 Å². The van der Waals surface area contributed by atoms with Crippen molar-refractivity contribution in [2.45, 2.75) is 6.92 Å². The summed E-state index contributed by atoms with van der Waals surface area (Å²) in [6.45, 7) is 1.83. The Morgan fingerprint density at radius 1 is 1.26 bits per heavy atom. The molecule has 3 N–H and O–H groups in total. The summed E-state index contributed by atoms with van der Waals surface area (Å²) in [6.07, 6.45) is 0. The van der Waals surface area contributed by atoms with Gasteiger partial charge in [0.25, 0.3) is 0 Å². The van der Waals surface area contributed by atoms with Crippen molar-refractivity contribution in [3.63, 3.8) is 0 Å². The second-order valence-corrected chi connectivity index (χ2v) is 5.03. The molecule has 2 aromatic heterocycles. The Labute approximate surface area is 113 Å². The first-order valence-corrected chi connectivity index (χ1v) is 6.55. The third kappa shape index (κ3) is 2.05. The van der Waals surface area contributed by atoms with Crippen molar-refractivity contribution in [3.05, 3.63) is 41.0 Å². The highest BCUT2D eigenvalue weighted by atomic mass is 32.1. The van der Waals surface area contributed by atoms with Crippen LogP contribution in [0.2, 0.25) is 0 Å². The smallest absolute Gasteiger partial charge is 0.163 e. The van der Waals surface area contributed by atoms with Gasteiger partial charge in [0, 0.05) is 5.56 Å². The molecule has 6 heteroatoms. The number of hydrogen-bond donors (Lipinski definition) is 2. The van der Waals surface area contributed by atoms with E-state index in [9.17, 15) is 4.39 Å². The first-order valence-electron chi connectivity index (χ1n) is 5.67. The minimum absolute atomic E-state index is 0.268. The van der Waals surface area contributed by atoms with Crippen LogP contribution in [0.4, 0.5) is 10.2 Å². The minimum atomic E-state index is -0.268. The fraction of sp³-hybridized carbons (Fsp3) is 0.0769. The van der Waals surface area contributed by atoms with Crippen LogP contribution < -0.4 is 11.3 Å². The summed E-state index contributed by atoms with van der Waals surface area (Å²) in [5, 5.41) is 2.82. The number of aryl methyl sites for hydroxylation is 1. The second kappa shape index (κ2) is 4.56. The molecule has 0 bridgehead atoms. The monoisotopic (exact) mass is 274 g/mol. The summed E-state index contributed by atoms with van der Waals surface area (Å²) >= 11 is 1.51. The van der Waals surface area contributed by atoms with Gasteiger partial charge in [-0.1, -0.05) is 0 Å². The number of anilines is 1. The van der Waals surface area contributed by atoms with Crippen molar-refractivity contribution in [1.29, 1.82) is 0 Å². The van der Waals surface area contributed by atoms with Crippen LogP contribution in [0.3, 0.4) is 0 Å². The molecule has 4 nitrogen and oxygen atoms in total. The number of aromatic nitrogens is 2. The number of fused-ring (bicyclic) bond motifs is 1. The number of halogens is 1. The van der Waals surface area contributed by atoms with E-state index in [0.717, 1.165) is 21.3 Å². The summed E-state index contributed by atoms with van der Waals surface area (Å²) in [5.41, 5.74) is 4.17. The van der Waals surface area contributed by atoms with Gasteiger partial charge in [0.05, 0.1) is 5.39 Å². The molecule has 0 saturated heterocycles. The summed E-state index contributed by atoms with van der Waals surface area (Å²) in [4.78, 5) is 9.73. The largest absolute Gasteiger partial charge is 0.308 e. The maximum atomic E-state index is 13.1. The molecule has 1 aromatic carbocycles. The molecule has 0 radical (unpaired) electrons. The molecule has 0 saturated carbocycles. The van der Waals surface area contributed by atoms with Crippen molar-refractivity contribution in [1.82, 2.24) is 9.97 Å². The number of nitrogens with two attached hydrogens (primary N) is 1. The number of nitrogens with one attached hydrogen (secondary N) is 1. The van der Waals surface area contributed by atoms with E-state index in [4.69, 9.17) is 5.84 Å². The van der Waals surface area contributed by atoms with Crippen LogP contribution in [0, 0.1) is 12.7 Å². The lowest BCUT2D eigenvalue weighted by atomic mass is 10.1. The predicted molar refractivity (Wildman–Crippen MR) is 75.4 cm³/mol. The quantitative estimate of drug-likeness (QED) is 0.557. The third-order valence-corrected chi connectivity index (χ3v) is 3.70. The lowest BCUT2D eigenvalue weighted by Crippen LogP contribution is -2.09. The molecule has 3 rings (SSSR count). The van der Waals surface area contributed by atoms with Gasteiger partial charge in [-0.2, -0.15) is 0 Å². The lowest BCUT2D eigenvalue weighted by molar-refractivity contribution is 0.627. The highest BCUT2D eigenvalue weighted by molar-refractivity contribution is 7.16. The summed E-state index contributed by atoms with van der Waals surface area (Å²) < 4.78 is 13.1. The van der Waals surface area contributed by atoms with Crippen molar-refractivity contribution in [3.8, 4) is 11.4 Å². The number of hydrogen-bond acceptors (Lipinski definition) is 5. The van der Waals surface area contributed by atoms with Gasteiger partial charge < -0.3 is 5.43 Å². The first kappa shape index (κ1) is 12.0. The molecule has 0 atom stereocenters. The second-order valence-electron chi connectivity index (χ2n) is 4.14. The standard InChI is InChI=1S/C13H11FN4S/c1-7-6-8(14)2-3-9(7)11-16-12(18-15)10-4-5-19-13(10)17-11/h2-6H,15H2,1H3,(H,16,17,18). The molecule has 96 valence electrons. The molecule has 0 spiro atoms. The summed E-state index contributed by atoms with van der Waals surface area (Å²) in [6, 6.07) is 6.46. The molecule has 19 heavy (non-hydrogen) atoms. The highest BCUT2D eigenvalue weighted by Gasteiger charge is 2.11. The van der Waals surface area contributed by atoms with Gasteiger partial charge in [0.2, 0.25) is 0 Å². The predicted octanol–water partition coefficient (Wildman–Crippen LogP) is 3.09. The number of nitrogen functional groups attached to an aromatic ring is 1. The van der Waals surface area contributed by atoms with Crippen LogP contribution in [0.25, 0.3) is 21.6 Å².